The lowest BCUT2D eigenvalue weighted by Crippen LogP contribution is -2.54. The van der Waals surface area contributed by atoms with Crippen molar-refractivity contribution in [2.75, 3.05) is 39.3 Å². The van der Waals surface area contributed by atoms with Crippen LogP contribution in [0.25, 0.3) is 0 Å². The van der Waals surface area contributed by atoms with Crippen LogP contribution in [0.15, 0.2) is 30.3 Å². The third-order valence-electron chi connectivity index (χ3n) is 5.53. The molecule has 3 amide bonds. The number of piperazine rings is 1. The van der Waals surface area contributed by atoms with Crippen molar-refractivity contribution in [1.82, 2.24) is 14.7 Å². The van der Waals surface area contributed by atoms with Crippen LogP contribution in [-0.2, 0) is 20.9 Å². The molecular formula is C23H33N3O5. The summed E-state index contributed by atoms with van der Waals surface area (Å²) < 4.78 is 10.8. The van der Waals surface area contributed by atoms with Gasteiger partial charge in [0.2, 0.25) is 5.91 Å². The number of hydrogen-bond acceptors (Lipinski definition) is 5. The minimum Gasteiger partial charge on any atom is -0.445 e. The number of ether oxygens (including phenoxy) is 2. The van der Waals surface area contributed by atoms with E-state index in [0.29, 0.717) is 38.6 Å². The molecule has 0 bridgehead atoms. The van der Waals surface area contributed by atoms with Gasteiger partial charge in [-0.25, -0.2) is 9.59 Å². The first-order valence-electron chi connectivity index (χ1n) is 10.9. The fraction of sp³-hybridized carbons (Fsp3) is 0.609. The summed E-state index contributed by atoms with van der Waals surface area (Å²) >= 11 is 0. The predicted molar refractivity (Wildman–Crippen MR) is 115 cm³/mol. The molecule has 2 heterocycles. The lowest BCUT2D eigenvalue weighted by Gasteiger charge is -2.38. The molecule has 0 aromatic heterocycles. The SMILES string of the molecule is CC(C)(C)OC(=O)N1CCN(CC2CCN(C(=O)OCc3ccccc3)CC2)C(=O)C1. The van der Waals surface area contributed by atoms with Crippen molar-refractivity contribution < 1.29 is 23.9 Å². The van der Waals surface area contributed by atoms with Gasteiger partial charge in [-0.3, -0.25) is 9.69 Å². The Hall–Kier alpha value is -2.77. The maximum absolute atomic E-state index is 12.5. The van der Waals surface area contributed by atoms with E-state index in [1.807, 2.05) is 56.0 Å². The van der Waals surface area contributed by atoms with Crippen molar-refractivity contribution in [3.8, 4) is 0 Å². The molecule has 2 saturated heterocycles. The van der Waals surface area contributed by atoms with Crippen LogP contribution in [0.5, 0.6) is 0 Å². The van der Waals surface area contributed by atoms with Crippen LogP contribution in [0.4, 0.5) is 9.59 Å². The van der Waals surface area contributed by atoms with Gasteiger partial charge in [-0.2, -0.15) is 0 Å². The van der Waals surface area contributed by atoms with Gasteiger partial charge < -0.3 is 19.3 Å². The van der Waals surface area contributed by atoms with Crippen LogP contribution in [0.1, 0.15) is 39.2 Å². The van der Waals surface area contributed by atoms with E-state index in [4.69, 9.17) is 9.47 Å². The molecule has 3 rings (SSSR count). The van der Waals surface area contributed by atoms with E-state index in [1.54, 1.807) is 4.90 Å². The monoisotopic (exact) mass is 431 g/mol. The lowest BCUT2D eigenvalue weighted by atomic mass is 9.96. The molecular weight excluding hydrogens is 398 g/mol. The van der Waals surface area contributed by atoms with E-state index < -0.39 is 11.7 Å². The summed E-state index contributed by atoms with van der Waals surface area (Å²) in [6.07, 6.45) is 0.937. The third-order valence-corrected chi connectivity index (χ3v) is 5.53. The fourth-order valence-corrected chi connectivity index (χ4v) is 3.80. The van der Waals surface area contributed by atoms with Gasteiger partial charge in [0.25, 0.3) is 0 Å². The summed E-state index contributed by atoms with van der Waals surface area (Å²) in [6.45, 7) is 8.67. The molecule has 0 radical (unpaired) electrons. The number of piperidine rings is 1. The Morgan fingerprint density at radius 1 is 0.968 bits per heavy atom. The second kappa shape index (κ2) is 10.0. The van der Waals surface area contributed by atoms with Crippen molar-refractivity contribution in [2.24, 2.45) is 5.92 Å². The van der Waals surface area contributed by atoms with Crippen LogP contribution in [-0.4, -0.2) is 77.7 Å². The Balaban J connectivity index is 1.38. The van der Waals surface area contributed by atoms with Gasteiger partial charge in [0, 0.05) is 32.7 Å². The highest BCUT2D eigenvalue weighted by Crippen LogP contribution is 2.21. The standard InChI is InChI=1S/C23H33N3O5/c1-23(2,3)31-22(29)26-14-13-25(20(27)16-26)15-18-9-11-24(12-10-18)21(28)30-17-19-7-5-4-6-8-19/h4-8,18H,9-17H2,1-3H3. The molecule has 2 fully saturated rings. The summed E-state index contributed by atoms with van der Waals surface area (Å²) in [4.78, 5) is 42.1. The Morgan fingerprint density at radius 3 is 2.26 bits per heavy atom. The summed E-state index contributed by atoms with van der Waals surface area (Å²) in [7, 11) is 0. The molecule has 0 N–H and O–H groups in total. The quantitative estimate of drug-likeness (QED) is 0.732. The Kier molecular flexibility index (Phi) is 7.41. The summed E-state index contributed by atoms with van der Waals surface area (Å²) in [5.41, 5.74) is 0.391. The topological polar surface area (TPSA) is 79.4 Å². The maximum Gasteiger partial charge on any atom is 0.410 e. The number of carbonyl (C=O) groups is 3. The summed E-state index contributed by atoms with van der Waals surface area (Å²) in [5.74, 6) is 0.289. The molecule has 0 unspecified atom stereocenters. The second-order valence-electron chi connectivity index (χ2n) is 9.21. The van der Waals surface area contributed by atoms with Gasteiger partial charge in [0.05, 0.1) is 0 Å². The second-order valence-corrected chi connectivity index (χ2v) is 9.21. The highest BCUT2D eigenvalue weighted by molar-refractivity contribution is 5.83. The maximum atomic E-state index is 12.5. The van der Waals surface area contributed by atoms with Crippen LogP contribution in [0.3, 0.4) is 0 Å². The zero-order chi connectivity index (χ0) is 22.4. The molecule has 0 spiro atoms. The minimum absolute atomic E-state index is 0.0539. The Labute approximate surface area is 184 Å². The molecule has 0 atom stereocenters. The number of hydrogen-bond donors (Lipinski definition) is 0. The van der Waals surface area contributed by atoms with E-state index in [2.05, 4.69) is 0 Å². The van der Waals surface area contributed by atoms with Gasteiger partial charge in [-0.1, -0.05) is 30.3 Å². The van der Waals surface area contributed by atoms with Crippen LogP contribution in [0, 0.1) is 5.92 Å². The normalized spacial score (nSPS) is 18.2. The molecule has 2 aliphatic rings. The smallest absolute Gasteiger partial charge is 0.410 e. The highest BCUT2D eigenvalue weighted by Gasteiger charge is 2.32. The third kappa shape index (κ3) is 6.87. The van der Waals surface area contributed by atoms with Crippen molar-refractivity contribution in [1.29, 1.82) is 0 Å². The lowest BCUT2D eigenvalue weighted by molar-refractivity contribution is -0.136. The first-order valence-corrected chi connectivity index (χ1v) is 10.9. The average molecular weight is 432 g/mol. The van der Waals surface area contributed by atoms with Crippen molar-refractivity contribution in [3.63, 3.8) is 0 Å². The van der Waals surface area contributed by atoms with Crippen molar-refractivity contribution >= 4 is 18.1 Å². The average Bonchev–Trinajstić information content (AvgIpc) is 2.73. The van der Waals surface area contributed by atoms with Gasteiger partial charge >= 0.3 is 12.2 Å². The Morgan fingerprint density at radius 2 is 1.65 bits per heavy atom. The molecule has 8 nitrogen and oxygen atoms in total. The molecule has 1 aromatic carbocycles. The van der Waals surface area contributed by atoms with E-state index in [-0.39, 0.29) is 25.2 Å². The summed E-state index contributed by atoms with van der Waals surface area (Å²) in [5, 5.41) is 0. The van der Waals surface area contributed by atoms with Gasteiger partial charge in [0.15, 0.2) is 0 Å². The minimum atomic E-state index is -0.576. The number of amides is 3. The molecule has 1 aromatic rings. The Bertz CT molecular complexity index is 769. The highest BCUT2D eigenvalue weighted by atomic mass is 16.6. The van der Waals surface area contributed by atoms with Gasteiger partial charge in [0.1, 0.15) is 18.8 Å². The molecule has 8 heteroatoms. The fourth-order valence-electron chi connectivity index (χ4n) is 3.80. The number of likely N-dealkylation sites (tertiary alicyclic amines) is 1. The zero-order valence-electron chi connectivity index (χ0n) is 18.7. The summed E-state index contributed by atoms with van der Waals surface area (Å²) in [6, 6.07) is 9.63. The van der Waals surface area contributed by atoms with Crippen LogP contribution in [0.2, 0.25) is 0 Å². The first kappa shape index (κ1) is 22.9. The number of carbonyl (C=O) groups excluding carboxylic acids is 3. The largest absolute Gasteiger partial charge is 0.445 e. The number of benzene rings is 1. The van der Waals surface area contributed by atoms with Crippen LogP contribution < -0.4 is 0 Å². The number of rotatable bonds is 4. The van der Waals surface area contributed by atoms with E-state index >= 15 is 0 Å². The van der Waals surface area contributed by atoms with E-state index in [0.717, 1.165) is 18.4 Å². The molecule has 0 saturated carbocycles. The predicted octanol–water partition coefficient (Wildman–Crippen LogP) is 3.11. The van der Waals surface area contributed by atoms with Gasteiger partial charge in [-0.15, -0.1) is 0 Å². The molecule has 170 valence electrons. The molecule has 31 heavy (non-hydrogen) atoms. The molecule has 0 aliphatic carbocycles. The van der Waals surface area contributed by atoms with Crippen LogP contribution >= 0.6 is 0 Å². The van der Waals surface area contributed by atoms with E-state index in [9.17, 15) is 14.4 Å². The first-order chi connectivity index (χ1) is 14.7. The zero-order valence-corrected chi connectivity index (χ0v) is 18.7. The molecule has 2 aliphatic heterocycles. The van der Waals surface area contributed by atoms with E-state index in [1.165, 1.54) is 4.90 Å². The van der Waals surface area contributed by atoms with Crippen molar-refractivity contribution in [3.05, 3.63) is 35.9 Å². The van der Waals surface area contributed by atoms with Crippen molar-refractivity contribution in [2.45, 2.75) is 45.8 Å². The number of nitrogens with zero attached hydrogens (tertiary/aromatic N) is 3. The van der Waals surface area contributed by atoms with Gasteiger partial charge in [-0.05, 0) is 45.1 Å².